The summed E-state index contributed by atoms with van der Waals surface area (Å²) < 4.78 is 25.8. The highest BCUT2D eigenvalue weighted by Crippen LogP contribution is 2.21. The van der Waals surface area contributed by atoms with Gasteiger partial charge in [-0.25, -0.2) is 4.39 Å². The first-order chi connectivity index (χ1) is 13.1. The third-order valence-electron chi connectivity index (χ3n) is 4.80. The van der Waals surface area contributed by atoms with Crippen molar-refractivity contribution in [2.75, 3.05) is 7.11 Å². The first-order valence-electron chi connectivity index (χ1n) is 8.94. The molecule has 1 heterocycles. The first-order valence-corrected chi connectivity index (χ1v) is 9.34. The molecule has 0 spiro atoms. The van der Waals surface area contributed by atoms with Gasteiger partial charge in [0.25, 0.3) is 4.84 Å². The molecule has 4 rings (SSSR count). The van der Waals surface area contributed by atoms with Gasteiger partial charge < -0.3 is 14.1 Å². The summed E-state index contributed by atoms with van der Waals surface area (Å²) in [6.07, 6.45) is 2.38. The van der Waals surface area contributed by atoms with Crippen molar-refractivity contribution < 1.29 is 18.4 Å². The summed E-state index contributed by atoms with van der Waals surface area (Å²) in [6.45, 7) is 1.43. The monoisotopic (exact) mass is 386 g/mol. The standard InChI is InChI=1S/C20H20FN3O2S/c1-25-18-10-4-15(5-11-18)19-22-24(20(27)26-19)13-23(17-8-9-17)12-14-2-6-16(21)7-3-14/h2-7,10-11,17H,8-9,12-13H2,1H3/p+1. The van der Waals surface area contributed by atoms with Crippen LogP contribution >= 0.6 is 12.2 Å². The van der Waals surface area contributed by atoms with Crippen LogP contribution in [0.3, 0.4) is 0 Å². The molecular formula is C20H21FN3O2S+. The van der Waals surface area contributed by atoms with E-state index in [0.29, 0.717) is 23.4 Å². The van der Waals surface area contributed by atoms with Gasteiger partial charge in [-0.05, 0) is 48.6 Å². The van der Waals surface area contributed by atoms with Crippen LogP contribution in [-0.2, 0) is 13.2 Å². The third-order valence-corrected chi connectivity index (χ3v) is 5.09. The van der Waals surface area contributed by atoms with E-state index in [9.17, 15) is 4.39 Å². The summed E-state index contributed by atoms with van der Waals surface area (Å²) >= 11 is 5.37. The van der Waals surface area contributed by atoms with Gasteiger partial charge in [0.1, 0.15) is 18.1 Å². The summed E-state index contributed by atoms with van der Waals surface area (Å²) in [4.78, 5) is 1.71. The predicted molar refractivity (Wildman–Crippen MR) is 101 cm³/mol. The fourth-order valence-corrected chi connectivity index (χ4v) is 3.32. The van der Waals surface area contributed by atoms with E-state index < -0.39 is 0 Å². The molecule has 0 bridgehead atoms. The van der Waals surface area contributed by atoms with Crippen molar-refractivity contribution in [2.24, 2.45) is 0 Å². The van der Waals surface area contributed by atoms with Gasteiger partial charge in [0, 0.05) is 24.0 Å². The molecule has 1 fully saturated rings. The number of benzene rings is 2. The average molecular weight is 386 g/mol. The van der Waals surface area contributed by atoms with Crippen LogP contribution in [0.15, 0.2) is 52.9 Å². The van der Waals surface area contributed by atoms with Gasteiger partial charge >= 0.3 is 0 Å². The zero-order valence-corrected chi connectivity index (χ0v) is 15.8. The molecule has 3 aromatic rings. The Morgan fingerprint density at radius 2 is 1.89 bits per heavy atom. The predicted octanol–water partition coefficient (Wildman–Crippen LogP) is 3.23. The van der Waals surface area contributed by atoms with Gasteiger partial charge in [0.05, 0.1) is 13.2 Å². The minimum absolute atomic E-state index is 0.213. The van der Waals surface area contributed by atoms with Crippen molar-refractivity contribution in [2.45, 2.75) is 32.1 Å². The molecule has 1 saturated carbocycles. The smallest absolute Gasteiger partial charge is 0.292 e. The molecule has 0 aliphatic heterocycles. The lowest BCUT2D eigenvalue weighted by atomic mass is 10.2. The number of hydrogen-bond acceptors (Lipinski definition) is 4. The number of aromatic nitrogens is 2. The van der Waals surface area contributed by atoms with Gasteiger partial charge in [-0.2, -0.15) is 4.68 Å². The van der Waals surface area contributed by atoms with Crippen LogP contribution in [-0.4, -0.2) is 22.9 Å². The Morgan fingerprint density at radius 3 is 2.52 bits per heavy atom. The first kappa shape index (κ1) is 17.9. The SMILES string of the molecule is COc1ccc(-c2nn(C[NH+](Cc3ccc(F)cc3)C3CC3)c(=S)o2)cc1. The lowest BCUT2D eigenvalue weighted by Gasteiger charge is -2.18. The van der Waals surface area contributed by atoms with Gasteiger partial charge in [0.15, 0.2) is 6.67 Å². The number of nitrogens with one attached hydrogen (secondary N) is 1. The molecule has 0 saturated heterocycles. The molecule has 7 heteroatoms. The Balaban J connectivity index is 1.52. The Bertz CT molecular complexity index is 962. The quantitative estimate of drug-likeness (QED) is 0.634. The number of ether oxygens (including phenoxy) is 1. The van der Waals surface area contributed by atoms with Crippen LogP contribution in [0.2, 0.25) is 0 Å². The summed E-state index contributed by atoms with van der Waals surface area (Å²) in [5.41, 5.74) is 1.95. The minimum atomic E-state index is -0.213. The topological polar surface area (TPSA) is 44.6 Å². The summed E-state index contributed by atoms with van der Waals surface area (Å²) in [6, 6.07) is 14.8. The highest BCUT2D eigenvalue weighted by Gasteiger charge is 2.34. The van der Waals surface area contributed by atoms with Crippen molar-refractivity contribution in [1.29, 1.82) is 0 Å². The number of nitrogens with zero attached hydrogens (tertiary/aromatic N) is 2. The highest BCUT2D eigenvalue weighted by molar-refractivity contribution is 7.71. The van der Waals surface area contributed by atoms with E-state index in [1.54, 1.807) is 11.8 Å². The Morgan fingerprint density at radius 1 is 1.19 bits per heavy atom. The summed E-state index contributed by atoms with van der Waals surface area (Å²) in [5, 5.41) is 4.57. The van der Waals surface area contributed by atoms with Crippen molar-refractivity contribution in [1.82, 2.24) is 9.78 Å². The Hall–Kier alpha value is -2.51. The fourth-order valence-electron chi connectivity index (χ4n) is 3.13. The molecule has 140 valence electrons. The average Bonchev–Trinajstić information content (AvgIpc) is 3.47. The second kappa shape index (κ2) is 7.62. The fraction of sp³-hybridized carbons (Fsp3) is 0.300. The number of methoxy groups -OCH3 is 1. The van der Waals surface area contributed by atoms with E-state index in [0.717, 1.165) is 23.4 Å². The van der Waals surface area contributed by atoms with Gasteiger partial charge in [-0.3, -0.25) is 0 Å². The van der Waals surface area contributed by atoms with Crippen LogP contribution in [0.5, 0.6) is 5.75 Å². The second-order valence-corrected chi connectivity index (χ2v) is 7.14. The largest absolute Gasteiger partial charge is 0.497 e. The van der Waals surface area contributed by atoms with Crippen LogP contribution in [0.1, 0.15) is 18.4 Å². The molecule has 1 aliphatic carbocycles. The van der Waals surface area contributed by atoms with Gasteiger partial charge in [-0.1, -0.05) is 12.1 Å². The number of hydrogen-bond donors (Lipinski definition) is 1. The van der Waals surface area contributed by atoms with Gasteiger partial charge in [-0.15, -0.1) is 5.10 Å². The molecular weight excluding hydrogens is 365 g/mol. The lowest BCUT2D eigenvalue weighted by Crippen LogP contribution is -3.11. The maximum Gasteiger partial charge on any atom is 0.292 e. The maximum atomic E-state index is 13.2. The van der Waals surface area contributed by atoms with Crippen LogP contribution < -0.4 is 9.64 Å². The third kappa shape index (κ3) is 4.26. The zero-order chi connectivity index (χ0) is 18.8. The second-order valence-electron chi connectivity index (χ2n) is 6.80. The molecule has 27 heavy (non-hydrogen) atoms. The number of rotatable bonds is 7. The molecule has 1 N–H and O–H groups in total. The van der Waals surface area contributed by atoms with E-state index >= 15 is 0 Å². The molecule has 1 unspecified atom stereocenters. The van der Waals surface area contributed by atoms with Crippen molar-refractivity contribution in [3.63, 3.8) is 0 Å². The molecule has 5 nitrogen and oxygen atoms in total. The molecule has 2 aromatic carbocycles. The summed E-state index contributed by atoms with van der Waals surface area (Å²) in [7, 11) is 1.63. The highest BCUT2D eigenvalue weighted by atomic mass is 32.1. The van der Waals surface area contributed by atoms with Crippen molar-refractivity contribution in [3.8, 4) is 17.2 Å². The van der Waals surface area contributed by atoms with E-state index in [2.05, 4.69) is 5.10 Å². The van der Waals surface area contributed by atoms with Crippen LogP contribution in [0.25, 0.3) is 11.5 Å². The van der Waals surface area contributed by atoms with Crippen LogP contribution in [0, 0.1) is 10.7 Å². The Labute approximate surface area is 162 Å². The van der Waals surface area contributed by atoms with E-state index in [1.807, 2.05) is 36.4 Å². The van der Waals surface area contributed by atoms with E-state index in [-0.39, 0.29) is 5.82 Å². The Kier molecular flexibility index (Phi) is 5.05. The van der Waals surface area contributed by atoms with Crippen LogP contribution in [0.4, 0.5) is 4.39 Å². The van der Waals surface area contributed by atoms with Crippen molar-refractivity contribution >= 4 is 12.2 Å². The maximum absolute atomic E-state index is 13.2. The molecule has 1 aromatic heterocycles. The molecule has 0 radical (unpaired) electrons. The van der Waals surface area contributed by atoms with E-state index in [1.165, 1.54) is 29.9 Å². The lowest BCUT2D eigenvalue weighted by molar-refractivity contribution is -0.947. The zero-order valence-electron chi connectivity index (χ0n) is 15.0. The van der Waals surface area contributed by atoms with Crippen molar-refractivity contribution in [3.05, 3.63) is 64.7 Å². The number of quaternary nitrogens is 1. The number of halogens is 1. The molecule has 1 atom stereocenters. The summed E-state index contributed by atoms with van der Waals surface area (Å²) in [5.74, 6) is 1.06. The molecule has 1 aliphatic rings. The van der Waals surface area contributed by atoms with Gasteiger partial charge in [0.2, 0.25) is 5.89 Å². The molecule has 0 amide bonds. The minimum Gasteiger partial charge on any atom is -0.497 e. The normalized spacial score (nSPS) is 14.9. The van der Waals surface area contributed by atoms with E-state index in [4.69, 9.17) is 21.4 Å².